The molecule has 6 heteroatoms. The van der Waals surface area contributed by atoms with Crippen LogP contribution in [-0.4, -0.2) is 23.7 Å². The van der Waals surface area contributed by atoms with Crippen molar-refractivity contribution in [1.82, 2.24) is 4.57 Å². The van der Waals surface area contributed by atoms with Crippen LogP contribution < -0.4 is 4.80 Å². The molecule has 0 aliphatic rings. The lowest BCUT2D eigenvalue weighted by Crippen LogP contribution is -2.20. The van der Waals surface area contributed by atoms with Crippen LogP contribution in [0.4, 0.5) is 4.39 Å². The first kappa shape index (κ1) is 18.5. The Labute approximate surface area is 155 Å². The molecule has 3 rings (SSSR count). The van der Waals surface area contributed by atoms with Crippen molar-refractivity contribution >= 4 is 27.5 Å². The second kappa shape index (κ2) is 7.93. The van der Waals surface area contributed by atoms with Gasteiger partial charge in [0.2, 0.25) is 0 Å². The Kier molecular flexibility index (Phi) is 5.64. The van der Waals surface area contributed by atoms with Gasteiger partial charge in [-0.05, 0) is 62.2 Å². The fraction of sp³-hybridized carbons (Fsp3) is 0.300. The summed E-state index contributed by atoms with van der Waals surface area (Å²) < 4.78 is 21.7. The summed E-state index contributed by atoms with van der Waals surface area (Å²) in [5, 5.41) is 0. The molecule has 0 bridgehead atoms. The maximum absolute atomic E-state index is 13.1. The predicted molar refractivity (Wildman–Crippen MR) is 102 cm³/mol. The third kappa shape index (κ3) is 3.92. The SMILES string of the molecule is CCOCCn1c(=NC(=O)c2ccc(F)cc2)sc2cc(C)cc(C)c21. The van der Waals surface area contributed by atoms with Gasteiger partial charge >= 0.3 is 0 Å². The zero-order valence-corrected chi connectivity index (χ0v) is 15.9. The zero-order valence-electron chi connectivity index (χ0n) is 15.1. The molecule has 0 saturated heterocycles. The maximum atomic E-state index is 13.1. The number of amides is 1. The first-order chi connectivity index (χ1) is 12.5. The summed E-state index contributed by atoms with van der Waals surface area (Å²) in [6, 6.07) is 9.67. The van der Waals surface area contributed by atoms with E-state index >= 15 is 0 Å². The van der Waals surface area contributed by atoms with Gasteiger partial charge in [0.05, 0.1) is 16.8 Å². The van der Waals surface area contributed by atoms with Crippen LogP contribution in [0, 0.1) is 19.7 Å². The predicted octanol–water partition coefficient (Wildman–Crippen LogP) is 4.24. The minimum absolute atomic E-state index is 0.369. The Balaban J connectivity index is 2.10. The molecular formula is C20H21FN2O2S. The Morgan fingerprint density at radius 1 is 1.23 bits per heavy atom. The van der Waals surface area contributed by atoms with E-state index in [2.05, 4.69) is 31.0 Å². The van der Waals surface area contributed by atoms with E-state index in [-0.39, 0.29) is 11.7 Å². The van der Waals surface area contributed by atoms with Gasteiger partial charge in [0.1, 0.15) is 5.82 Å². The van der Waals surface area contributed by atoms with Gasteiger partial charge in [-0.2, -0.15) is 4.99 Å². The summed E-state index contributed by atoms with van der Waals surface area (Å²) in [6.45, 7) is 7.87. The number of benzene rings is 2. The molecule has 0 fully saturated rings. The number of aromatic nitrogens is 1. The van der Waals surface area contributed by atoms with Gasteiger partial charge < -0.3 is 9.30 Å². The molecule has 1 heterocycles. The number of halogens is 1. The molecule has 0 spiro atoms. The highest BCUT2D eigenvalue weighted by atomic mass is 32.1. The van der Waals surface area contributed by atoms with Crippen molar-refractivity contribution in [2.45, 2.75) is 27.3 Å². The summed E-state index contributed by atoms with van der Waals surface area (Å²) >= 11 is 1.48. The fourth-order valence-corrected chi connectivity index (χ4v) is 4.16. The average molecular weight is 372 g/mol. The van der Waals surface area contributed by atoms with Crippen molar-refractivity contribution < 1.29 is 13.9 Å². The van der Waals surface area contributed by atoms with Crippen molar-refractivity contribution in [3.05, 3.63) is 63.7 Å². The summed E-state index contributed by atoms with van der Waals surface area (Å²) in [7, 11) is 0. The molecular weight excluding hydrogens is 351 g/mol. The molecule has 0 N–H and O–H groups in total. The second-order valence-electron chi connectivity index (χ2n) is 6.09. The molecule has 0 atom stereocenters. The number of carbonyl (C=O) groups is 1. The van der Waals surface area contributed by atoms with Crippen molar-refractivity contribution in [2.75, 3.05) is 13.2 Å². The Bertz CT molecular complexity index is 1000. The molecule has 136 valence electrons. The third-order valence-electron chi connectivity index (χ3n) is 4.06. The van der Waals surface area contributed by atoms with Gasteiger partial charge in [0, 0.05) is 18.7 Å². The van der Waals surface area contributed by atoms with Crippen LogP contribution in [0.5, 0.6) is 0 Å². The smallest absolute Gasteiger partial charge is 0.279 e. The summed E-state index contributed by atoms with van der Waals surface area (Å²) in [5.41, 5.74) is 3.76. The molecule has 0 unspecified atom stereocenters. The zero-order chi connectivity index (χ0) is 18.7. The lowest BCUT2D eigenvalue weighted by Gasteiger charge is -2.08. The van der Waals surface area contributed by atoms with Gasteiger partial charge in [-0.15, -0.1) is 0 Å². The van der Waals surface area contributed by atoms with Crippen LogP contribution in [0.2, 0.25) is 0 Å². The third-order valence-corrected chi connectivity index (χ3v) is 5.09. The Hall–Kier alpha value is -2.31. The minimum Gasteiger partial charge on any atom is -0.380 e. The minimum atomic E-state index is -0.379. The maximum Gasteiger partial charge on any atom is 0.279 e. The molecule has 0 radical (unpaired) electrons. The molecule has 3 aromatic rings. The van der Waals surface area contributed by atoms with E-state index in [0.29, 0.717) is 30.1 Å². The van der Waals surface area contributed by atoms with Crippen molar-refractivity contribution in [1.29, 1.82) is 0 Å². The monoisotopic (exact) mass is 372 g/mol. The number of fused-ring (bicyclic) bond motifs is 1. The first-order valence-corrected chi connectivity index (χ1v) is 9.34. The van der Waals surface area contributed by atoms with Crippen LogP contribution in [-0.2, 0) is 11.3 Å². The van der Waals surface area contributed by atoms with Crippen LogP contribution in [0.25, 0.3) is 10.2 Å². The van der Waals surface area contributed by atoms with E-state index in [1.54, 1.807) is 0 Å². The van der Waals surface area contributed by atoms with Gasteiger partial charge in [-0.25, -0.2) is 4.39 Å². The highest BCUT2D eigenvalue weighted by Crippen LogP contribution is 2.23. The van der Waals surface area contributed by atoms with E-state index in [4.69, 9.17) is 4.74 Å². The number of carbonyl (C=O) groups excluding carboxylic acids is 1. The number of rotatable bonds is 5. The summed E-state index contributed by atoms with van der Waals surface area (Å²) in [4.78, 5) is 17.4. The highest BCUT2D eigenvalue weighted by molar-refractivity contribution is 7.16. The standard InChI is InChI=1S/C20H21FN2O2S/c1-4-25-10-9-23-18-14(3)11-13(2)12-17(18)26-20(23)22-19(24)15-5-7-16(21)8-6-15/h5-8,11-12H,4,9-10H2,1-3H3. The Morgan fingerprint density at radius 3 is 2.65 bits per heavy atom. The second-order valence-corrected chi connectivity index (χ2v) is 7.09. The van der Waals surface area contributed by atoms with Crippen LogP contribution in [0.3, 0.4) is 0 Å². The van der Waals surface area contributed by atoms with Crippen molar-refractivity contribution in [2.24, 2.45) is 4.99 Å². The molecule has 1 aromatic heterocycles. The Morgan fingerprint density at radius 2 is 1.96 bits per heavy atom. The first-order valence-electron chi connectivity index (χ1n) is 8.52. The van der Waals surface area contributed by atoms with E-state index < -0.39 is 0 Å². The van der Waals surface area contributed by atoms with Crippen molar-refractivity contribution in [3.8, 4) is 0 Å². The average Bonchev–Trinajstić information content (AvgIpc) is 2.93. The molecule has 2 aromatic carbocycles. The van der Waals surface area contributed by atoms with Crippen LogP contribution >= 0.6 is 11.3 Å². The normalized spacial score (nSPS) is 12.1. The fourth-order valence-electron chi connectivity index (χ4n) is 2.93. The number of hydrogen-bond donors (Lipinski definition) is 0. The summed E-state index contributed by atoms with van der Waals surface area (Å²) in [5.74, 6) is -0.752. The molecule has 4 nitrogen and oxygen atoms in total. The summed E-state index contributed by atoms with van der Waals surface area (Å²) in [6.07, 6.45) is 0. The number of nitrogens with zero attached hydrogens (tertiary/aromatic N) is 2. The molecule has 1 amide bonds. The van der Waals surface area contributed by atoms with Gasteiger partial charge in [0.25, 0.3) is 5.91 Å². The van der Waals surface area contributed by atoms with Crippen LogP contribution in [0.1, 0.15) is 28.4 Å². The number of thiazole rings is 1. The molecule has 26 heavy (non-hydrogen) atoms. The van der Waals surface area contributed by atoms with Gasteiger partial charge in [-0.3, -0.25) is 4.79 Å². The van der Waals surface area contributed by atoms with Gasteiger partial charge in [0.15, 0.2) is 4.80 Å². The lowest BCUT2D eigenvalue weighted by molar-refractivity contribution is 0.0996. The van der Waals surface area contributed by atoms with Crippen LogP contribution in [0.15, 0.2) is 41.4 Å². The van der Waals surface area contributed by atoms with Gasteiger partial charge in [-0.1, -0.05) is 17.4 Å². The van der Waals surface area contributed by atoms with Crippen molar-refractivity contribution in [3.63, 3.8) is 0 Å². The lowest BCUT2D eigenvalue weighted by atomic mass is 10.1. The van der Waals surface area contributed by atoms with E-state index in [1.807, 2.05) is 11.5 Å². The largest absolute Gasteiger partial charge is 0.380 e. The molecule has 0 aliphatic carbocycles. The van der Waals surface area contributed by atoms with E-state index in [9.17, 15) is 9.18 Å². The van der Waals surface area contributed by atoms with E-state index in [0.717, 1.165) is 15.8 Å². The quantitative estimate of drug-likeness (QED) is 0.629. The highest BCUT2D eigenvalue weighted by Gasteiger charge is 2.12. The number of hydrogen-bond acceptors (Lipinski definition) is 3. The molecule has 0 aliphatic heterocycles. The van der Waals surface area contributed by atoms with E-state index in [1.165, 1.54) is 41.2 Å². The topological polar surface area (TPSA) is 43.6 Å². The molecule has 0 saturated carbocycles. The number of aryl methyl sites for hydroxylation is 2. The number of ether oxygens (including phenoxy) is 1.